The van der Waals surface area contributed by atoms with Gasteiger partial charge < -0.3 is 0 Å². The minimum Gasteiger partial charge on any atom is -0.136 e. The van der Waals surface area contributed by atoms with E-state index in [1.807, 2.05) is 0 Å². The van der Waals surface area contributed by atoms with Crippen LogP contribution in [0.1, 0.15) is 0 Å². The smallest absolute Gasteiger partial charge is 0.107 e. The van der Waals surface area contributed by atoms with E-state index in [1.165, 1.54) is 15.6 Å². The zero-order valence-corrected chi connectivity index (χ0v) is 16.0. The van der Waals surface area contributed by atoms with Crippen molar-refractivity contribution in [2.45, 2.75) is 0 Å². The van der Waals surface area contributed by atoms with Gasteiger partial charge in [0.15, 0.2) is 0 Å². The molecule has 0 heterocycles. The molecule has 104 valence electrons. The Morgan fingerprint density at radius 1 is 0.409 bits per heavy atom. The Kier molecular flexibility index (Phi) is 5.96. The first-order chi connectivity index (χ1) is 10.9. The van der Waals surface area contributed by atoms with Crippen LogP contribution in [-0.4, -0.2) is 27.6 Å². The molecule has 0 aliphatic carbocycles. The van der Waals surface area contributed by atoms with Crippen LogP contribution in [0.4, 0.5) is 0 Å². The molecule has 3 aromatic carbocycles. The van der Waals surface area contributed by atoms with Crippen molar-refractivity contribution in [3.05, 3.63) is 91.0 Å². The van der Waals surface area contributed by atoms with Crippen molar-refractivity contribution in [2.75, 3.05) is 0 Å². The molecule has 0 atom stereocenters. The standard InChI is InChI=1S/C18H15PSi3/c1-4-10-16(11-5-1)20-19(21-17-12-6-2-7-13-17)22-18-14-8-3-9-15-18/h1-15H. The zero-order chi connectivity index (χ0) is 15.0. The molecule has 0 aromatic heterocycles. The second kappa shape index (κ2) is 8.39. The summed E-state index contributed by atoms with van der Waals surface area (Å²) in [6.45, 7) is -0.00617. The van der Waals surface area contributed by atoms with Crippen molar-refractivity contribution >= 4 is 49.7 Å². The Hall–Kier alpha value is -1.26. The van der Waals surface area contributed by atoms with E-state index in [0.717, 1.165) is 27.6 Å². The van der Waals surface area contributed by atoms with Gasteiger partial charge in [0.1, 0.15) is 27.6 Å². The quantitative estimate of drug-likeness (QED) is 0.475. The Morgan fingerprint density at radius 2 is 0.682 bits per heavy atom. The summed E-state index contributed by atoms with van der Waals surface area (Å²) in [5.74, 6) is 0. The van der Waals surface area contributed by atoms with Gasteiger partial charge in [-0.2, -0.15) is 0 Å². The van der Waals surface area contributed by atoms with Crippen LogP contribution in [0.3, 0.4) is 0 Å². The van der Waals surface area contributed by atoms with Gasteiger partial charge in [-0.15, -0.1) is 6.57 Å². The van der Waals surface area contributed by atoms with Crippen molar-refractivity contribution in [1.82, 2.24) is 0 Å². The topological polar surface area (TPSA) is 0 Å². The van der Waals surface area contributed by atoms with Gasteiger partial charge in [-0.25, -0.2) is 0 Å². The van der Waals surface area contributed by atoms with Gasteiger partial charge in [-0.05, 0) is 0 Å². The minimum absolute atomic E-state index is 0.00617. The molecule has 0 spiro atoms. The van der Waals surface area contributed by atoms with Crippen LogP contribution in [0.5, 0.6) is 0 Å². The number of benzene rings is 3. The molecule has 3 aromatic rings. The number of hydrogen-bond donors (Lipinski definition) is 0. The second-order valence-electron chi connectivity index (χ2n) is 4.77. The molecular formula is C18H15PSi3. The van der Waals surface area contributed by atoms with E-state index in [4.69, 9.17) is 0 Å². The van der Waals surface area contributed by atoms with Crippen molar-refractivity contribution < 1.29 is 0 Å². The van der Waals surface area contributed by atoms with Crippen molar-refractivity contribution in [2.24, 2.45) is 0 Å². The van der Waals surface area contributed by atoms with Crippen molar-refractivity contribution in [1.29, 1.82) is 0 Å². The van der Waals surface area contributed by atoms with E-state index >= 15 is 0 Å². The van der Waals surface area contributed by atoms with E-state index < -0.39 is 0 Å². The number of hydrogen-bond acceptors (Lipinski definition) is 0. The first kappa shape index (κ1) is 15.6. The molecule has 0 fully saturated rings. The Balaban J connectivity index is 1.75. The predicted molar refractivity (Wildman–Crippen MR) is 102 cm³/mol. The van der Waals surface area contributed by atoms with E-state index in [2.05, 4.69) is 91.0 Å². The summed E-state index contributed by atoms with van der Waals surface area (Å²) in [4.78, 5) is 0. The molecular weight excluding hydrogens is 331 g/mol. The third-order valence-corrected chi connectivity index (χ3v) is 15.9. The lowest BCUT2D eigenvalue weighted by Gasteiger charge is -2.16. The van der Waals surface area contributed by atoms with Crippen LogP contribution in [0.15, 0.2) is 91.0 Å². The molecule has 0 saturated carbocycles. The molecule has 6 radical (unpaired) electrons. The lowest BCUT2D eigenvalue weighted by atomic mass is 10.4. The first-order valence-corrected chi connectivity index (χ1v) is 14.0. The van der Waals surface area contributed by atoms with Crippen LogP contribution >= 0.6 is 6.57 Å². The maximum atomic E-state index is 2.28. The van der Waals surface area contributed by atoms with Gasteiger partial charge >= 0.3 is 0 Å². The summed E-state index contributed by atoms with van der Waals surface area (Å²) in [7, 11) is 2.81. The second-order valence-corrected chi connectivity index (χ2v) is 17.9. The third-order valence-electron chi connectivity index (χ3n) is 3.04. The molecule has 0 saturated heterocycles. The SMILES string of the molecule is c1ccc([Si]P([Si]c2ccccc2)[Si]c2ccccc2)cc1. The fraction of sp³-hybridized carbons (Fsp3) is 0. The number of rotatable bonds is 6. The van der Waals surface area contributed by atoms with Crippen molar-refractivity contribution in [3.63, 3.8) is 0 Å². The fourth-order valence-electron chi connectivity index (χ4n) is 2.01. The normalized spacial score (nSPS) is 10.8. The average molecular weight is 347 g/mol. The molecule has 0 aliphatic rings. The largest absolute Gasteiger partial charge is 0.136 e. The maximum Gasteiger partial charge on any atom is 0.107 e. The molecule has 0 nitrogen and oxygen atoms in total. The summed E-state index contributed by atoms with van der Waals surface area (Å²) in [6.07, 6.45) is 0. The van der Waals surface area contributed by atoms with E-state index in [9.17, 15) is 0 Å². The highest BCUT2D eigenvalue weighted by Gasteiger charge is 2.14. The highest BCUT2D eigenvalue weighted by molar-refractivity contribution is 8.26. The van der Waals surface area contributed by atoms with Gasteiger partial charge in [0, 0.05) is 0 Å². The van der Waals surface area contributed by atoms with Gasteiger partial charge in [0.05, 0.1) is 0 Å². The van der Waals surface area contributed by atoms with Crippen molar-refractivity contribution in [3.8, 4) is 0 Å². The summed E-state index contributed by atoms with van der Waals surface area (Å²) >= 11 is 0. The van der Waals surface area contributed by atoms with Gasteiger partial charge in [0.25, 0.3) is 0 Å². The molecule has 0 N–H and O–H groups in total. The summed E-state index contributed by atoms with van der Waals surface area (Å²) in [5, 5.41) is 4.50. The first-order valence-electron chi connectivity index (χ1n) is 7.15. The molecule has 0 unspecified atom stereocenters. The Morgan fingerprint density at radius 3 is 0.955 bits per heavy atom. The fourth-order valence-corrected chi connectivity index (χ4v) is 16.6. The third kappa shape index (κ3) is 4.89. The maximum absolute atomic E-state index is 2.28. The molecule has 0 amide bonds. The van der Waals surface area contributed by atoms with E-state index in [0.29, 0.717) is 0 Å². The van der Waals surface area contributed by atoms with Gasteiger partial charge in [-0.1, -0.05) is 107 Å². The highest BCUT2D eigenvalue weighted by Crippen LogP contribution is 2.27. The average Bonchev–Trinajstić information content (AvgIpc) is 2.57. The minimum atomic E-state index is -0.00617. The van der Waals surface area contributed by atoms with Gasteiger partial charge in [0.2, 0.25) is 0 Å². The highest BCUT2D eigenvalue weighted by atomic mass is 31.8. The summed E-state index contributed by atoms with van der Waals surface area (Å²) < 4.78 is 0. The predicted octanol–water partition coefficient (Wildman–Crippen LogP) is 2.30. The Labute approximate surface area is 140 Å². The zero-order valence-electron chi connectivity index (χ0n) is 12.1. The summed E-state index contributed by atoms with van der Waals surface area (Å²) in [5.41, 5.74) is 0. The van der Waals surface area contributed by atoms with Crippen LogP contribution in [0.25, 0.3) is 0 Å². The van der Waals surface area contributed by atoms with Crippen LogP contribution in [-0.2, 0) is 0 Å². The molecule has 3 rings (SSSR count). The van der Waals surface area contributed by atoms with Crippen LogP contribution < -0.4 is 15.6 Å². The molecule has 4 heteroatoms. The lowest BCUT2D eigenvalue weighted by Crippen LogP contribution is -2.27. The van der Waals surface area contributed by atoms with Crippen LogP contribution in [0.2, 0.25) is 0 Å². The molecule has 22 heavy (non-hydrogen) atoms. The Bertz CT molecular complexity index is 576. The molecule has 0 bridgehead atoms. The molecule has 0 aliphatic heterocycles. The van der Waals surface area contributed by atoms with Crippen LogP contribution in [0, 0.1) is 0 Å². The summed E-state index contributed by atoms with van der Waals surface area (Å²) in [6, 6.07) is 32.9. The van der Waals surface area contributed by atoms with E-state index in [-0.39, 0.29) is 6.57 Å². The van der Waals surface area contributed by atoms with Gasteiger partial charge in [-0.3, -0.25) is 0 Å². The lowest BCUT2D eigenvalue weighted by molar-refractivity contribution is 1.77. The monoisotopic (exact) mass is 346 g/mol. The van der Waals surface area contributed by atoms with E-state index in [1.54, 1.807) is 0 Å².